The lowest BCUT2D eigenvalue weighted by Gasteiger charge is -2.15. The zero-order valence-corrected chi connectivity index (χ0v) is 23.4. The summed E-state index contributed by atoms with van der Waals surface area (Å²) in [6, 6.07) is 10.1. The van der Waals surface area contributed by atoms with Gasteiger partial charge in [0.15, 0.2) is 27.9 Å². The Morgan fingerprint density at radius 1 is 1.00 bits per heavy atom. The lowest BCUT2D eigenvalue weighted by molar-refractivity contribution is 0.374. The van der Waals surface area contributed by atoms with E-state index < -0.39 is 10.0 Å². The summed E-state index contributed by atoms with van der Waals surface area (Å²) in [6.45, 7) is 0. The monoisotopic (exact) mass is 588 g/mol. The first-order valence-electron chi connectivity index (χ1n) is 12.6. The minimum atomic E-state index is -4.32. The van der Waals surface area contributed by atoms with Gasteiger partial charge in [0.2, 0.25) is 0 Å². The Labute approximate surface area is 239 Å². The molecule has 0 aliphatic heterocycles. The number of nitrogens with zero attached hydrogens (tertiary/aromatic N) is 5. The molecule has 1 aliphatic carbocycles. The fourth-order valence-electron chi connectivity index (χ4n) is 4.43. The zero-order chi connectivity index (χ0) is 29.4. The molecule has 42 heavy (non-hydrogen) atoms. The number of sulfonamides is 1. The molecule has 0 atom stereocenters. The molecule has 1 saturated carbocycles. The van der Waals surface area contributed by atoms with E-state index in [1.54, 1.807) is 12.1 Å². The molecule has 0 spiro atoms. The van der Waals surface area contributed by atoms with Crippen molar-refractivity contribution in [2.24, 2.45) is 0 Å². The van der Waals surface area contributed by atoms with Crippen LogP contribution in [0, 0.1) is 11.3 Å². The third-order valence-corrected chi connectivity index (χ3v) is 8.07. The highest BCUT2D eigenvalue weighted by molar-refractivity contribution is 7.93. The third kappa shape index (κ3) is 4.99. The van der Waals surface area contributed by atoms with Gasteiger partial charge >= 0.3 is 0 Å². The number of hydrogen-bond donors (Lipinski definition) is 3. The number of benzene rings is 2. The molecule has 6 rings (SSSR count). The van der Waals surface area contributed by atoms with Gasteiger partial charge in [-0.3, -0.25) is 9.82 Å². The van der Waals surface area contributed by atoms with Crippen molar-refractivity contribution in [1.29, 1.82) is 5.26 Å². The van der Waals surface area contributed by atoms with Gasteiger partial charge in [-0.1, -0.05) is 5.16 Å². The minimum Gasteiger partial charge on any atom is -0.495 e. The first-order valence-corrected chi connectivity index (χ1v) is 14.1. The summed E-state index contributed by atoms with van der Waals surface area (Å²) in [5, 5.41) is 23.9. The van der Waals surface area contributed by atoms with Crippen molar-refractivity contribution >= 4 is 38.3 Å². The molecule has 0 bridgehead atoms. The predicted octanol–water partition coefficient (Wildman–Crippen LogP) is 4.33. The van der Waals surface area contributed by atoms with Crippen molar-refractivity contribution in [2.45, 2.75) is 23.7 Å². The fourth-order valence-corrected chi connectivity index (χ4v) is 5.75. The molecule has 2 aromatic carbocycles. The van der Waals surface area contributed by atoms with E-state index in [1.807, 2.05) is 12.1 Å². The van der Waals surface area contributed by atoms with Gasteiger partial charge in [0.1, 0.15) is 23.3 Å². The Hall–Kier alpha value is -5.36. The third-order valence-electron chi connectivity index (χ3n) is 6.67. The van der Waals surface area contributed by atoms with E-state index in [1.165, 1.54) is 45.9 Å². The number of nitrogens with one attached hydrogen (secondary N) is 3. The summed E-state index contributed by atoms with van der Waals surface area (Å²) in [5.74, 6) is 1.69. The number of aromatic amines is 1. The second-order valence-corrected chi connectivity index (χ2v) is 11.0. The molecule has 0 amide bonds. The maximum atomic E-state index is 13.7. The molecule has 214 valence electrons. The van der Waals surface area contributed by atoms with Crippen LogP contribution < -0.4 is 24.2 Å². The number of anilines is 3. The Bertz CT molecular complexity index is 1920. The van der Waals surface area contributed by atoms with E-state index in [-0.39, 0.29) is 33.6 Å². The number of methoxy groups -OCH3 is 3. The molecule has 5 aromatic rings. The number of ether oxygens (including phenoxy) is 3. The summed E-state index contributed by atoms with van der Waals surface area (Å²) in [6.07, 6.45) is 5.00. The number of nitriles is 1. The molecule has 3 aromatic heterocycles. The van der Waals surface area contributed by atoms with Crippen LogP contribution in [-0.2, 0) is 10.0 Å². The first kappa shape index (κ1) is 26.8. The second-order valence-electron chi connectivity index (χ2n) is 9.41. The summed E-state index contributed by atoms with van der Waals surface area (Å²) in [4.78, 5) is 8.06. The van der Waals surface area contributed by atoms with Crippen LogP contribution >= 0.6 is 0 Å². The van der Waals surface area contributed by atoms with Crippen LogP contribution in [0.3, 0.4) is 0 Å². The van der Waals surface area contributed by atoms with Crippen LogP contribution in [0.5, 0.6) is 17.2 Å². The van der Waals surface area contributed by atoms with Crippen LogP contribution in [-0.4, -0.2) is 55.1 Å². The molecular formula is C27H24N8O6S. The molecule has 15 heteroatoms. The maximum Gasteiger partial charge on any atom is 0.270 e. The highest BCUT2D eigenvalue weighted by atomic mass is 32.2. The number of fused-ring (bicyclic) bond motifs is 1. The second kappa shape index (κ2) is 10.6. The number of H-pyrrole nitrogens is 1. The highest BCUT2D eigenvalue weighted by Crippen LogP contribution is 2.42. The molecule has 1 fully saturated rings. The smallest absolute Gasteiger partial charge is 0.270 e. The Morgan fingerprint density at radius 3 is 2.31 bits per heavy atom. The van der Waals surface area contributed by atoms with Gasteiger partial charge in [0.25, 0.3) is 10.0 Å². The molecule has 0 unspecified atom stereocenters. The molecule has 0 radical (unpaired) electrons. The molecule has 14 nitrogen and oxygen atoms in total. The lowest BCUT2D eigenvalue weighted by atomic mass is 10.2. The van der Waals surface area contributed by atoms with Crippen molar-refractivity contribution in [3.8, 4) is 34.7 Å². The first-order chi connectivity index (χ1) is 20.3. The number of aromatic nitrogens is 5. The SMILES string of the molecule is COc1cc2c(NS(=O)(=O)c3c(OC)cc(-c4ncc(C#N)cn4)cc3OC)noc2cc1Nc1cc(C2CC2)[nH]n1. The molecule has 1 aliphatic rings. The van der Waals surface area contributed by atoms with Crippen molar-refractivity contribution in [3.63, 3.8) is 0 Å². The van der Waals surface area contributed by atoms with Crippen LogP contribution in [0.2, 0.25) is 0 Å². The Kier molecular flexibility index (Phi) is 6.75. The molecule has 3 N–H and O–H groups in total. The van der Waals surface area contributed by atoms with Gasteiger partial charge in [0.05, 0.1) is 38.0 Å². The van der Waals surface area contributed by atoms with Crippen molar-refractivity contribution < 1.29 is 27.2 Å². The molecular weight excluding hydrogens is 564 g/mol. The Balaban J connectivity index is 1.33. The van der Waals surface area contributed by atoms with Gasteiger partial charge < -0.3 is 24.1 Å². The molecule has 0 saturated heterocycles. The van der Waals surface area contributed by atoms with E-state index in [0.29, 0.717) is 39.7 Å². The van der Waals surface area contributed by atoms with Crippen LogP contribution in [0.4, 0.5) is 17.3 Å². The van der Waals surface area contributed by atoms with Crippen molar-refractivity contribution in [3.05, 3.63) is 54.0 Å². The van der Waals surface area contributed by atoms with Crippen molar-refractivity contribution in [1.82, 2.24) is 25.3 Å². The summed E-state index contributed by atoms with van der Waals surface area (Å²) < 4.78 is 51.7. The van der Waals surface area contributed by atoms with Gasteiger partial charge in [-0.05, 0) is 31.0 Å². The Morgan fingerprint density at radius 2 is 1.69 bits per heavy atom. The average molecular weight is 589 g/mol. The molecule has 3 heterocycles. The average Bonchev–Trinajstić information content (AvgIpc) is 3.65. The van der Waals surface area contributed by atoms with E-state index in [2.05, 4.69) is 35.4 Å². The zero-order valence-electron chi connectivity index (χ0n) is 22.6. The van der Waals surface area contributed by atoms with Crippen LogP contribution in [0.25, 0.3) is 22.4 Å². The number of rotatable bonds is 10. The minimum absolute atomic E-state index is 0.0220. The normalized spacial score (nSPS) is 13.0. The standard InChI is InChI=1S/C27H24N8O6S/c1-38-21-8-17-20(9-19(21)31-24-10-18(32-33-24)15-4-5-15)41-34-27(17)35-42(36,37)25-22(39-2)6-16(7-23(25)40-3)26-29-12-14(11-28)13-30-26/h6-10,12-13,15H,4-5H2,1-3H3,(H,34,35)(H2,31,32,33). The highest BCUT2D eigenvalue weighted by Gasteiger charge is 2.29. The summed E-state index contributed by atoms with van der Waals surface area (Å²) >= 11 is 0. The van der Waals surface area contributed by atoms with Gasteiger partial charge in [-0.2, -0.15) is 10.4 Å². The van der Waals surface area contributed by atoms with Gasteiger partial charge in [-0.15, -0.1) is 0 Å². The van der Waals surface area contributed by atoms with E-state index >= 15 is 0 Å². The largest absolute Gasteiger partial charge is 0.495 e. The van der Waals surface area contributed by atoms with E-state index in [4.69, 9.17) is 24.0 Å². The lowest BCUT2D eigenvalue weighted by Crippen LogP contribution is -2.16. The number of hydrogen-bond acceptors (Lipinski definition) is 12. The summed E-state index contributed by atoms with van der Waals surface area (Å²) in [7, 11) is -0.169. The van der Waals surface area contributed by atoms with Gasteiger partial charge in [0, 0.05) is 41.7 Å². The predicted molar refractivity (Wildman–Crippen MR) is 151 cm³/mol. The van der Waals surface area contributed by atoms with Crippen LogP contribution in [0.15, 0.2) is 52.1 Å². The maximum absolute atomic E-state index is 13.7. The summed E-state index contributed by atoms with van der Waals surface area (Å²) in [5.41, 5.74) is 2.64. The fraction of sp³-hybridized carbons (Fsp3) is 0.222. The van der Waals surface area contributed by atoms with Crippen molar-refractivity contribution in [2.75, 3.05) is 31.4 Å². The van der Waals surface area contributed by atoms with Crippen LogP contribution in [0.1, 0.15) is 30.0 Å². The van der Waals surface area contributed by atoms with E-state index in [0.717, 1.165) is 18.5 Å². The van der Waals surface area contributed by atoms with Gasteiger partial charge in [-0.25, -0.2) is 18.4 Å². The topological polar surface area (TPSA) is 190 Å². The van der Waals surface area contributed by atoms with E-state index in [9.17, 15) is 8.42 Å². The quantitative estimate of drug-likeness (QED) is 0.210.